The predicted octanol–water partition coefficient (Wildman–Crippen LogP) is 0.808. The Hall–Kier alpha value is 1.06. The zero-order valence-electron chi connectivity index (χ0n) is 11.4. The smallest absolute Gasteiger partial charge is 0.362 e. The lowest BCUT2D eigenvalue weighted by atomic mass is 11.9. The van der Waals surface area contributed by atoms with Gasteiger partial charge in [-0.2, -0.15) is 0 Å². The maximum atomic E-state index is 5.77. The fourth-order valence-corrected chi connectivity index (χ4v) is 14.3. The Kier molecular flexibility index (Phi) is 7.96. The Morgan fingerprint density at radius 2 is 0.444 bits per heavy atom. The molecule has 6 nitrogen and oxygen atoms in total. The lowest BCUT2D eigenvalue weighted by Crippen LogP contribution is -2.44. The van der Waals surface area contributed by atoms with E-state index in [0.29, 0.717) is 0 Å². The zero-order chi connectivity index (χ0) is 13.7. The van der Waals surface area contributed by atoms with Gasteiger partial charge in [0.1, 0.15) is 0 Å². The van der Waals surface area contributed by atoms with Crippen LogP contribution in [0.1, 0.15) is 0 Å². The standard InChI is InChI=1S/C6H18O6Si6/c1-13-7-14(2)9-16(4)11-18(6)12-17(5)10-15(3)8-13/h1-6H3. The third-order valence-corrected chi connectivity index (χ3v) is 15.5. The fourth-order valence-electron chi connectivity index (χ4n) is 1.34. The first kappa shape index (κ1) is 17.1. The molecular weight excluding hydrogens is 337 g/mol. The van der Waals surface area contributed by atoms with Gasteiger partial charge in [-0.25, -0.2) is 0 Å². The summed E-state index contributed by atoms with van der Waals surface area (Å²) in [5, 5.41) is 0. The maximum absolute atomic E-state index is 5.77. The summed E-state index contributed by atoms with van der Waals surface area (Å²) in [6.45, 7) is 11.8. The second kappa shape index (κ2) is 8.37. The Labute approximate surface area is 120 Å². The van der Waals surface area contributed by atoms with Gasteiger partial charge in [-0.15, -0.1) is 0 Å². The van der Waals surface area contributed by atoms with Crippen LogP contribution in [0.25, 0.3) is 0 Å². The average molecular weight is 355 g/mol. The van der Waals surface area contributed by atoms with Crippen LogP contribution in [-0.4, -0.2) is 55.7 Å². The maximum Gasteiger partial charge on any atom is 0.362 e. The van der Waals surface area contributed by atoms with Crippen molar-refractivity contribution in [1.29, 1.82) is 0 Å². The minimum Gasteiger partial charge on any atom is -0.414 e. The van der Waals surface area contributed by atoms with Crippen LogP contribution in [0.4, 0.5) is 0 Å². The van der Waals surface area contributed by atoms with Crippen LogP contribution in [-0.2, 0) is 24.7 Å². The molecule has 1 rings (SSSR count). The summed E-state index contributed by atoms with van der Waals surface area (Å²) in [6, 6.07) is 0. The summed E-state index contributed by atoms with van der Waals surface area (Å²) < 4.78 is 34.6. The first-order chi connectivity index (χ1) is 8.36. The molecule has 1 heterocycles. The number of hydrogen-bond donors (Lipinski definition) is 0. The molecule has 0 aromatic carbocycles. The van der Waals surface area contributed by atoms with E-state index in [1.807, 2.05) is 39.3 Å². The Bertz CT molecular complexity index is 175. The van der Waals surface area contributed by atoms with Crippen LogP contribution in [0.5, 0.6) is 0 Å². The summed E-state index contributed by atoms with van der Waals surface area (Å²) in [5.74, 6) is 0. The Morgan fingerprint density at radius 1 is 0.333 bits per heavy atom. The molecule has 1 saturated heterocycles. The van der Waals surface area contributed by atoms with E-state index in [1.165, 1.54) is 0 Å². The minimum absolute atomic E-state index is 1.31. The van der Waals surface area contributed by atoms with Crippen molar-refractivity contribution in [2.75, 3.05) is 0 Å². The monoisotopic (exact) mass is 354 g/mol. The fraction of sp³-hybridized carbons (Fsp3) is 1.00. The van der Waals surface area contributed by atoms with Crippen molar-refractivity contribution in [2.24, 2.45) is 0 Å². The lowest BCUT2D eigenvalue weighted by molar-refractivity contribution is 0.296. The van der Waals surface area contributed by atoms with E-state index in [-0.39, 0.29) is 0 Å². The second-order valence-corrected chi connectivity index (χ2v) is 14.4. The van der Waals surface area contributed by atoms with E-state index in [2.05, 4.69) is 0 Å². The molecule has 18 heavy (non-hydrogen) atoms. The third kappa shape index (κ3) is 7.01. The van der Waals surface area contributed by atoms with E-state index in [1.54, 1.807) is 0 Å². The van der Waals surface area contributed by atoms with Crippen molar-refractivity contribution in [1.82, 2.24) is 0 Å². The average Bonchev–Trinajstić information content (AvgIpc) is 2.12. The summed E-state index contributed by atoms with van der Waals surface area (Å²) in [7, 11) is -7.83. The molecule has 1 aliphatic heterocycles. The molecule has 6 radical (unpaired) electrons. The van der Waals surface area contributed by atoms with Gasteiger partial charge in [-0.3, -0.25) is 0 Å². The largest absolute Gasteiger partial charge is 0.414 e. The molecule has 0 atom stereocenters. The van der Waals surface area contributed by atoms with E-state index < -0.39 is 55.7 Å². The van der Waals surface area contributed by atoms with Gasteiger partial charge >= 0.3 is 55.7 Å². The molecule has 0 aliphatic carbocycles. The van der Waals surface area contributed by atoms with Gasteiger partial charge in [0.2, 0.25) is 0 Å². The summed E-state index contributed by atoms with van der Waals surface area (Å²) in [4.78, 5) is 0. The van der Waals surface area contributed by atoms with Gasteiger partial charge < -0.3 is 24.7 Å². The first-order valence-electron chi connectivity index (χ1n) is 5.45. The van der Waals surface area contributed by atoms with Gasteiger partial charge in [-0.1, -0.05) is 0 Å². The van der Waals surface area contributed by atoms with E-state index in [9.17, 15) is 0 Å². The third-order valence-electron chi connectivity index (χ3n) is 1.72. The molecule has 102 valence electrons. The first-order valence-corrected chi connectivity index (χ1v) is 16.3. The topological polar surface area (TPSA) is 55.4 Å². The van der Waals surface area contributed by atoms with Gasteiger partial charge in [-0.05, 0) is 39.3 Å². The number of hydrogen-bond acceptors (Lipinski definition) is 6. The molecule has 0 N–H and O–H groups in total. The van der Waals surface area contributed by atoms with Crippen LogP contribution >= 0.6 is 0 Å². The molecule has 0 unspecified atom stereocenters. The van der Waals surface area contributed by atoms with Crippen molar-refractivity contribution >= 4 is 55.7 Å². The highest BCUT2D eigenvalue weighted by atomic mass is 28.5. The molecule has 12 heteroatoms. The van der Waals surface area contributed by atoms with Crippen molar-refractivity contribution in [3.63, 3.8) is 0 Å². The number of rotatable bonds is 0. The summed E-state index contributed by atoms with van der Waals surface area (Å²) in [5.41, 5.74) is 0. The molecule has 0 spiro atoms. The SMILES string of the molecule is C[Si]1O[Si](C)O[Si](C)O[Si](C)O[Si](C)O[Si](C)O1. The molecule has 0 amide bonds. The van der Waals surface area contributed by atoms with Gasteiger partial charge in [0.05, 0.1) is 0 Å². The molecule has 1 aliphatic rings. The molecular formula is C6H18O6Si6. The van der Waals surface area contributed by atoms with Crippen molar-refractivity contribution in [3.8, 4) is 0 Å². The molecule has 0 bridgehead atoms. The van der Waals surface area contributed by atoms with Crippen LogP contribution < -0.4 is 0 Å². The van der Waals surface area contributed by atoms with Crippen LogP contribution in [0, 0.1) is 0 Å². The summed E-state index contributed by atoms with van der Waals surface area (Å²) >= 11 is 0. The minimum atomic E-state index is -1.31. The predicted molar refractivity (Wildman–Crippen MR) is 76.2 cm³/mol. The molecule has 0 aromatic heterocycles. The van der Waals surface area contributed by atoms with Gasteiger partial charge in [0, 0.05) is 0 Å². The molecule has 0 saturated carbocycles. The van der Waals surface area contributed by atoms with Crippen molar-refractivity contribution in [3.05, 3.63) is 0 Å². The van der Waals surface area contributed by atoms with E-state index in [4.69, 9.17) is 24.7 Å². The normalized spacial score (nSPS) is 27.0. The Balaban J connectivity index is 2.60. The highest BCUT2D eigenvalue weighted by Gasteiger charge is 2.29. The van der Waals surface area contributed by atoms with Gasteiger partial charge in [0.15, 0.2) is 0 Å². The van der Waals surface area contributed by atoms with E-state index in [0.717, 1.165) is 0 Å². The van der Waals surface area contributed by atoms with Crippen LogP contribution in [0.15, 0.2) is 0 Å². The Morgan fingerprint density at radius 3 is 0.556 bits per heavy atom. The van der Waals surface area contributed by atoms with Crippen molar-refractivity contribution < 1.29 is 24.7 Å². The van der Waals surface area contributed by atoms with Crippen LogP contribution in [0.2, 0.25) is 39.3 Å². The highest BCUT2D eigenvalue weighted by Crippen LogP contribution is 2.06. The summed E-state index contributed by atoms with van der Waals surface area (Å²) in [6.07, 6.45) is 0. The van der Waals surface area contributed by atoms with Crippen molar-refractivity contribution in [2.45, 2.75) is 39.3 Å². The highest BCUT2D eigenvalue weighted by molar-refractivity contribution is 6.72. The van der Waals surface area contributed by atoms with Gasteiger partial charge in [0.25, 0.3) is 0 Å². The zero-order valence-corrected chi connectivity index (χ0v) is 17.4. The second-order valence-electron chi connectivity index (χ2n) is 3.56. The molecule has 1 fully saturated rings. The molecule has 0 aromatic rings. The van der Waals surface area contributed by atoms with E-state index >= 15 is 0 Å². The lowest BCUT2D eigenvalue weighted by Gasteiger charge is -2.25. The van der Waals surface area contributed by atoms with Crippen LogP contribution in [0.3, 0.4) is 0 Å². The quantitative estimate of drug-likeness (QED) is 0.600.